The first-order valence-electron chi connectivity index (χ1n) is 6.36. The van der Waals surface area contributed by atoms with Crippen molar-refractivity contribution in [3.05, 3.63) is 23.8 Å². The highest BCUT2D eigenvalue weighted by molar-refractivity contribution is 5.41. The molecule has 18 heavy (non-hydrogen) atoms. The Morgan fingerprint density at radius 1 is 1.50 bits per heavy atom. The number of methoxy groups -OCH3 is 1. The first-order chi connectivity index (χ1) is 8.61. The Labute approximate surface area is 108 Å². The summed E-state index contributed by atoms with van der Waals surface area (Å²) in [6, 6.07) is 5.84. The van der Waals surface area contributed by atoms with Gasteiger partial charge in [0.05, 0.1) is 13.2 Å². The van der Waals surface area contributed by atoms with Crippen molar-refractivity contribution in [1.82, 2.24) is 5.32 Å². The van der Waals surface area contributed by atoms with Crippen molar-refractivity contribution in [2.45, 2.75) is 38.5 Å². The summed E-state index contributed by atoms with van der Waals surface area (Å²) in [5, 5.41) is 13.5. The van der Waals surface area contributed by atoms with E-state index >= 15 is 0 Å². The highest BCUT2D eigenvalue weighted by Gasteiger charge is 2.26. The molecule has 0 amide bonds. The van der Waals surface area contributed by atoms with Crippen LogP contribution in [0.2, 0.25) is 0 Å². The average molecular weight is 251 g/mol. The summed E-state index contributed by atoms with van der Waals surface area (Å²) < 4.78 is 10.6. The highest BCUT2D eigenvalue weighted by atomic mass is 16.5. The molecule has 0 aromatic heterocycles. The Bertz CT molecular complexity index is 408. The summed E-state index contributed by atoms with van der Waals surface area (Å²) >= 11 is 0. The van der Waals surface area contributed by atoms with Crippen molar-refractivity contribution in [3.8, 4) is 11.5 Å². The van der Waals surface area contributed by atoms with Crippen LogP contribution in [0.4, 0.5) is 0 Å². The van der Waals surface area contributed by atoms with Crippen LogP contribution in [0.1, 0.15) is 31.9 Å². The van der Waals surface area contributed by atoms with E-state index in [1.807, 2.05) is 19.1 Å². The fourth-order valence-corrected chi connectivity index (χ4v) is 2.38. The Kier molecular flexibility index (Phi) is 4.09. The van der Waals surface area contributed by atoms with E-state index in [0.717, 1.165) is 18.6 Å². The third-order valence-electron chi connectivity index (χ3n) is 3.54. The maximum absolute atomic E-state index is 9.98. The van der Waals surface area contributed by atoms with Crippen LogP contribution in [0.25, 0.3) is 0 Å². The van der Waals surface area contributed by atoms with Gasteiger partial charge >= 0.3 is 0 Å². The van der Waals surface area contributed by atoms with Gasteiger partial charge in [-0.15, -0.1) is 0 Å². The van der Waals surface area contributed by atoms with E-state index in [4.69, 9.17) is 9.47 Å². The second-order valence-electron chi connectivity index (χ2n) is 4.78. The van der Waals surface area contributed by atoms with E-state index in [1.165, 1.54) is 0 Å². The van der Waals surface area contributed by atoms with Gasteiger partial charge < -0.3 is 19.9 Å². The van der Waals surface area contributed by atoms with Crippen LogP contribution in [-0.4, -0.2) is 31.0 Å². The molecule has 0 aliphatic carbocycles. The minimum Gasteiger partial charge on any atom is -0.507 e. The molecule has 100 valence electrons. The molecule has 2 N–H and O–H groups in total. The molecule has 0 saturated carbocycles. The SMILES string of the molecule is COc1ccc(C(C)NC2CCOC2C)c(O)c1. The number of aromatic hydroxyl groups is 1. The number of benzene rings is 1. The number of ether oxygens (including phenoxy) is 2. The first kappa shape index (κ1) is 13.2. The lowest BCUT2D eigenvalue weighted by Gasteiger charge is -2.22. The van der Waals surface area contributed by atoms with Gasteiger partial charge in [-0.2, -0.15) is 0 Å². The van der Waals surface area contributed by atoms with Crippen LogP contribution in [0.15, 0.2) is 18.2 Å². The van der Waals surface area contributed by atoms with Crippen molar-refractivity contribution >= 4 is 0 Å². The molecule has 1 heterocycles. The molecule has 0 radical (unpaired) electrons. The maximum Gasteiger partial charge on any atom is 0.124 e. The Morgan fingerprint density at radius 3 is 2.83 bits per heavy atom. The monoisotopic (exact) mass is 251 g/mol. The van der Waals surface area contributed by atoms with E-state index in [9.17, 15) is 5.11 Å². The van der Waals surface area contributed by atoms with E-state index in [-0.39, 0.29) is 17.9 Å². The van der Waals surface area contributed by atoms with Crippen LogP contribution in [0.5, 0.6) is 11.5 Å². The summed E-state index contributed by atoms with van der Waals surface area (Å²) in [6.07, 6.45) is 1.25. The summed E-state index contributed by atoms with van der Waals surface area (Å²) in [7, 11) is 1.59. The van der Waals surface area contributed by atoms with Gasteiger partial charge in [0, 0.05) is 30.3 Å². The molecule has 1 aromatic carbocycles. The molecule has 0 spiro atoms. The first-order valence-corrected chi connectivity index (χ1v) is 6.36. The molecular weight excluding hydrogens is 230 g/mol. The van der Waals surface area contributed by atoms with Crippen molar-refractivity contribution < 1.29 is 14.6 Å². The summed E-state index contributed by atoms with van der Waals surface area (Å²) in [4.78, 5) is 0. The zero-order valence-corrected chi connectivity index (χ0v) is 11.1. The molecular formula is C14H21NO3. The number of phenolic OH excluding ortho intramolecular Hbond substituents is 1. The normalized spacial score (nSPS) is 25.1. The molecule has 1 saturated heterocycles. The number of hydrogen-bond donors (Lipinski definition) is 2. The van der Waals surface area contributed by atoms with Gasteiger partial charge in [-0.1, -0.05) is 6.07 Å². The van der Waals surface area contributed by atoms with Crippen LogP contribution in [-0.2, 0) is 4.74 Å². The van der Waals surface area contributed by atoms with Gasteiger partial charge in [0.15, 0.2) is 0 Å². The number of phenols is 1. The van der Waals surface area contributed by atoms with Gasteiger partial charge in [-0.3, -0.25) is 0 Å². The van der Waals surface area contributed by atoms with Crippen molar-refractivity contribution in [1.29, 1.82) is 0 Å². The Morgan fingerprint density at radius 2 is 2.28 bits per heavy atom. The fraction of sp³-hybridized carbons (Fsp3) is 0.571. The maximum atomic E-state index is 9.98. The molecule has 1 aromatic rings. The Hall–Kier alpha value is -1.26. The van der Waals surface area contributed by atoms with Crippen LogP contribution >= 0.6 is 0 Å². The molecule has 1 aliphatic heterocycles. The topological polar surface area (TPSA) is 50.7 Å². The van der Waals surface area contributed by atoms with Gasteiger partial charge in [-0.05, 0) is 26.3 Å². The van der Waals surface area contributed by atoms with Crippen molar-refractivity contribution in [3.63, 3.8) is 0 Å². The predicted molar refractivity (Wildman–Crippen MR) is 70.0 cm³/mol. The molecule has 3 atom stereocenters. The lowest BCUT2D eigenvalue weighted by Crippen LogP contribution is -2.36. The molecule has 4 heteroatoms. The van der Waals surface area contributed by atoms with E-state index in [1.54, 1.807) is 13.2 Å². The van der Waals surface area contributed by atoms with Crippen molar-refractivity contribution in [2.24, 2.45) is 0 Å². The van der Waals surface area contributed by atoms with Gasteiger partial charge in [-0.25, -0.2) is 0 Å². The molecule has 4 nitrogen and oxygen atoms in total. The minimum atomic E-state index is 0.0880. The summed E-state index contributed by atoms with van der Waals surface area (Å²) in [5.74, 6) is 0.932. The van der Waals surface area contributed by atoms with Crippen molar-refractivity contribution in [2.75, 3.05) is 13.7 Å². The average Bonchev–Trinajstić information content (AvgIpc) is 2.74. The summed E-state index contributed by atoms with van der Waals surface area (Å²) in [5.41, 5.74) is 0.884. The highest BCUT2D eigenvalue weighted by Crippen LogP contribution is 2.29. The quantitative estimate of drug-likeness (QED) is 0.861. The second-order valence-corrected chi connectivity index (χ2v) is 4.78. The Balaban J connectivity index is 2.06. The summed E-state index contributed by atoms with van der Waals surface area (Å²) in [6.45, 7) is 4.93. The number of hydrogen-bond acceptors (Lipinski definition) is 4. The number of nitrogens with one attached hydrogen (secondary N) is 1. The third kappa shape index (κ3) is 2.76. The molecule has 2 rings (SSSR count). The second kappa shape index (κ2) is 5.59. The van der Waals surface area contributed by atoms with Crippen LogP contribution in [0, 0.1) is 0 Å². The smallest absolute Gasteiger partial charge is 0.124 e. The van der Waals surface area contributed by atoms with E-state index in [2.05, 4.69) is 12.2 Å². The van der Waals surface area contributed by atoms with Gasteiger partial charge in [0.1, 0.15) is 11.5 Å². The number of rotatable bonds is 4. The molecule has 1 aliphatic rings. The van der Waals surface area contributed by atoms with Crippen LogP contribution < -0.4 is 10.1 Å². The predicted octanol–water partition coefficient (Wildman–Crippen LogP) is 2.23. The molecule has 3 unspecified atom stereocenters. The lowest BCUT2D eigenvalue weighted by molar-refractivity contribution is 0.111. The zero-order chi connectivity index (χ0) is 13.1. The molecule has 1 fully saturated rings. The fourth-order valence-electron chi connectivity index (χ4n) is 2.38. The van der Waals surface area contributed by atoms with Gasteiger partial charge in [0.25, 0.3) is 0 Å². The lowest BCUT2D eigenvalue weighted by atomic mass is 10.0. The molecule has 0 bridgehead atoms. The zero-order valence-electron chi connectivity index (χ0n) is 11.1. The largest absolute Gasteiger partial charge is 0.507 e. The third-order valence-corrected chi connectivity index (χ3v) is 3.54. The van der Waals surface area contributed by atoms with Gasteiger partial charge in [0.2, 0.25) is 0 Å². The van der Waals surface area contributed by atoms with E-state index < -0.39 is 0 Å². The van der Waals surface area contributed by atoms with E-state index in [0.29, 0.717) is 11.8 Å². The standard InChI is InChI=1S/C14H21NO3/c1-9(15-13-6-7-18-10(13)2)12-5-4-11(17-3)8-14(12)16/h4-5,8-10,13,15-16H,6-7H2,1-3H3. The van der Waals surface area contributed by atoms with Crippen LogP contribution in [0.3, 0.4) is 0 Å². The minimum absolute atomic E-state index is 0.0880.